The van der Waals surface area contributed by atoms with Crippen molar-refractivity contribution in [3.8, 4) is 0 Å². The maximum Gasteiger partial charge on any atom is 0.191 e. The Morgan fingerprint density at radius 1 is 1.05 bits per heavy atom. The van der Waals surface area contributed by atoms with Crippen LogP contribution in [0.25, 0.3) is 0 Å². The van der Waals surface area contributed by atoms with Gasteiger partial charge in [-0.2, -0.15) is 0 Å². The molecule has 1 saturated carbocycles. The van der Waals surface area contributed by atoms with Crippen LogP contribution < -0.4 is 5.73 Å². The van der Waals surface area contributed by atoms with E-state index in [1.807, 2.05) is 0 Å². The molecule has 1 saturated heterocycles. The van der Waals surface area contributed by atoms with Crippen molar-refractivity contribution in [1.29, 1.82) is 0 Å². The fourth-order valence-electron chi connectivity index (χ4n) is 2.96. The van der Waals surface area contributed by atoms with Gasteiger partial charge in [0.05, 0.1) is 6.10 Å². The second-order valence-electron chi connectivity index (χ2n) is 5.77. The van der Waals surface area contributed by atoms with Crippen molar-refractivity contribution in [1.82, 2.24) is 4.90 Å². The van der Waals surface area contributed by atoms with Crippen LogP contribution >= 0.6 is 0 Å². The van der Waals surface area contributed by atoms with E-state index in [1.165, 1.54) is 51.4 Å². The summed E-state index contributed by atoms with van der Waals surface area (Å²) >= 11 is 0. The quantitative estimate of drug-likeness (QED) is 0.473. The van der Waals surface area contributed by atoms with Crippen LogP contribution in [0.4, 0.5) is 0 Å². The van der Waals surface area contributed by atoms with Gasteiger partial charge in [-0.25, -0.2) is 0 Å². The molecule has 0 radical (unpaired) electrons. The van der Waals surface area contributed by atoms with Gasteiger partial charge in [-0.3, -0.25) is 4.99 Å². The molecule has 110 valence electrons. The van der Waals surface area contributed by atoms with Gasteiger partial charge < -0.3 is 15.4 Å². The van der Waals surface area contributed by atoms with Gasteiger partial charge in [0.25, 0.3) is 0 Å². The average Bonchev–Trinajstić information content (AvgIpc) is 2.78. The fraction of sp³-hybridized carbons (Fsp3) is 0.933. The summed E-state index contributed by atoms with van der Waals surface area (Å²) in [6, 6.07) is 0. The highest BCUT2D eigenvalue weighted by atomic mass is 16.5. The summed E-state index contributed by atoms with van der Waals surface area (Å²) < 4.78 is 5.83. The van der Waals surface area contributed by atoms with E-state index in [1.54, 1.807) is 0 Å². The number of aliphatic imine (C=N–C) groups is 1. The molecule has 0 aromatic carbocycles. The topological polar surface area (TPSA) is 50.9 Å². The zero-order valence-corrected chi connectivity index (χ0v) is 12.1. The van der Waals surface area contributed by atoms with Gasteiger partial charge in [0.2, 0.25) is 0 Å². The van der Waals surface area contributed by atoms with Crippen molar-refractivity contribution in [2.24, 2.45) is 10.7 Å². The Balaban J connectivity index is 1.58. The Bertz CT molecular complexity index is 267. The number of nitrogens with two attached hydrogens (primary N) is 1. The third-order valence-electron chi connectivity index (χ3n) is 4.16. The van der Waals surface area contributed by atoms with Crippen LogP contribution in [0.3, 0.4) is 0 Å². The first-order valence-corrected chi connectivity index (χ1v) is 8.03. The summed E-state index contributed by atoms with van der Waals surface area (Å²) in [5, 5.41) is 0. The van der Waals surface area contributed by atoms with Crippen LogP contribution in [-0.2, 0) is 4.74 Å². The Morgan fingerprint density at radius 3 is 2.42 bits per heavy atom. The lowest BCUT2D eigenvalue weighted by molar-refractivity contribution is 0.0579. The molecule has 0 unspecified atom stereocenters. The summed E-state index contributed by atoms with van der Waals surface area (Å²) in [5.74, 6) is 0.739. The second kappa shape index (κ2) is 8.41. The van der Waals surface area contributed by atoms with E-state index in [0.717, 1.165) is 38.6 Å². The minimum Gasteiger partial charge on any atom is -0.378 e. The van der Waals surface area contributed by atoms with Gasteiger partial charge in [-0.15, -0.1) is 0 Å². The molecule has 2 rings (SSSR count). The maximum atomic E-state index is 6.06. The highest BCUT2D eigenvalue weighted by Gasteiger charge is 2.14. The monoisotopic (exact) mass is 267 g/mol. The van der Waals surface area contributed by atoms with Crippen molar-refractivity contribution in [3.05, 3.63) is 0 Å². The van der Waals surface area contributed by atoms with E-state index in [0.29, 0.717) is 6.10 Å². The summed E-state index contributed by atoms with van der Waals surface area (Å²) in [4.78, 5) is 6.73. The molecular formula is C15H29N3O. The molecule has 1 aliphatic heterocycles. The maximum absolute atomic E-state index is 6.06. The van der Waals surface area contributed by atoms with Crippen molar-refractivity contribution in [2.45, 2.75) is 63.9 Å². The molecule has 0 aromatic rings. The van der Waals surface area contributed by atoms with Crippen LogP contribution in [-0.4, -0.2) is 43.2 Å². The molecule has 19 heavy (non-hydrogen) atoms. The average molecular weight is 267 g/mol. The highest BCUT2D eigenvalue weighted by Crippen LogP contribution is 2.20. The van der Waals surface area contributed by atoms with Gasteiger partial charge in [0.15, 0.2) is 5.96 Å². The Hall–Kier alpha value is -0.770. The molecule has 0 bridgehead atoms. The van der Waals surface area contributed by atoms with E-state index in [2.05, 4.69) is 9.89 Å². The predicted molar refractivity (Wildman–Crippen MR) is 79.4 cm³/mol. The molecule has 1 aliphatic carbocycles. The zero-order chi connectivity index (χ0) is 13.3. The van der Waals surface area contributed by atoms with Crippen molar-refractivity contribution in [2.75, 3.05) is 26.2 Å². The molecule has 4 nitrogen and oxygen atoms in total. The minimum atomic E-state index is 0.520. The lowest BCUT2D eigenvalue weighted by Gasteiger charge is -2.21. The summed E-state index contributed by atoms with van der Waals surface area (Å²) in [7, 11) is 0. The summed E-state index contributed by atoms with van der Waals surface area (Å²) in [6.07, 6.45) is 11.9. The Kier molecular flexibility index (Phi) is 6.48. The standard InChI is InChI=1S/C15H29N3O/c16-15(18-11-5-1-2-6-12-18)17-10-7-13-19-14-8-3-4-9-14/h14H,1-13H2,(H2,16,17). The SMILES string of the molecule is NC(=NCCCOC1CCCC1)N1CCCCCC1. The lowest BCUT2D eigenvalue weighted by atomic mass is 10.2. The third-order valence-corrected chi connectivity index (χ3v) is 4.16. The number of ether oxygens (including phenoxy) is 1. The molecule has 2 fully saturated rings. The van der Waals surface area contributed by atoms with Crippen molar-refractivity contribution in [3.63, 3.8) is 0 Å². The molecule has 2 aliphatic rings. The Morgan fingerprint density at radius 2 is 1.74 bits per heavy atom. The molecule has 4 heteroatoms. The first kappa shape index (κ1) is 14.6. The van der Waals surface area contributed by atoms with Crippen LogP contribution in [0.15, 0.2) is 4.99 Å². The number of guanidine groups is 1. The fourth-order valence-corrected chi connectivity index (χ4v) is 2.96. The van der Waals surface area contributed by atoms with Gasteiger partial charge in [-0.05, 0) is 32.1 Å². The van der Waals surface area contributed by atoms with Crippen molar-refractivity contribution >= 4 is 5.96 Å². The largest absolute Gasteiger partial charge is 0.378 e. The summed E-state index contributed by atoms with van der Waals surface area (Å²) in [5.41, 5.74) is 6.06. The van der Waals surface area contributed by atoms with E-state index in [-0.39, 0.29) is 0 Å². The predicted octanol–water partition coefficient (Wildman–Crippen LogP) is 2.53. The number of hydrogen-bond donors (Lipinski definition) is 1. The molecule has 0 spiro atoms. The molecular weight excluding hydrogens is 238 g/mol. The second-order valence-corrected chi connectivity index (χ2v) is 5.77. The van der Waals surface area contributed by atoms with Gasteiger partial charge in [0, 0.05) is 26.2 Å². The van der Waals surface area contributed by atoms with Gasteiger partial charge >= 0.3 is 0 Å². The molecule has 0 aromatic heterocycles. The first-order chi connectivity index (χ1) is 9.36. The van der Waals surface area contributed by atoms with Gasteiger partial charge in [0.1, 0.15) is 0 Å². The van der Waals surface area contributed by atoms with Crippen LogP contribution in [0.2, 0.25) is 0 Å². The normalized spacial score (nSPS) is 22.7. The molecule has 0 amide bonds. The minimum absolute atomic E-state index is 0.520. The van der Waals surface area contributed by atoms with Gasteiger partial charge in [-0.1, -0.05) is 25.7 Å². The van der Waals surface area contributed by atoms with Crippen LogP contribution in [0.5, 0.6) is 0 Å². The van der Waals surface area contributed by atoms with Crippen LogP contribution in [0, 0.1) is 0 Å². The zero-order valence-electron chi connectivity index (χ0n) is 12.1. The van der Waals surface area contributed by atoms with E-state index in [4.69, 9.17) is 10.5 Å². The van der Waals surface area contributed by atoms with Crippen molar-refractivity contribution < 1.29 is 4.74 Å². The first-order valence-electron chi connectivity index (χ1n) is 8.03. The Labute approximate surface area is 117 Å². The molecule has 1 heterocycles. The number of likely N-dealkylation sites (tertiary alicyclic amines) is 1. The lowest BCUT2D eigenvalue weighted by Crippen LogP contribution is -2.38. The smallest absolute Gasteiger partial charge is 0.191 e. The third kappa shape index (κ3) is 5.39. The van der Waals surface area contributed by atoms with E-state index < -0.39 is 0 Å². The number of hydrogen-bond acceptors (Lipinski definition) is 2. The molecule has 0 atom stereocenters. The van der Waals surface area contributed by atoms with E-state index in [9.17, 15) is 0 Å². The van der Waals surface area contributed by atoms with Crippen LogP contribution in [0.1, 0.15) is 57.8 Å². The number of nitrogens with zero attached hydrogens (tertiary/aromatic N) is 2. The highest BCUT2D eigenvalue weighted by molar-refractivity contribution is 5.78. The number of rotatable bonds is 5. The summed E-state index contributed by atoms with van der Waals surface area (Å²) in [6.45, 7) is 3.79. The van der Waals surface area contributed by atoms with E-state index >= 15 is 0 Å². The molecule has 2 N–H and O–H groups in total.